The highest BCUT2D eigenvalue weighted by Crippen LogP contribution is 2.35. The number of benzene rings is 2. The number of hydrogen-bond acceptors (Lipinski definition) is 7. The molecule has 3 amide bonds. The Balaban J connectivity index is 1.76. The number of nitrogens with zero attached hydrogens (tertiary/aromatic N) is 1. The van der Waals surface area contributed by atoms with Crippen LogP contribution in [-0.4, -0.2) is 41.1 Å². The zero-order valence-corrected chi connectivity index (χ0v) is 20.5. The molecule has 3 rings (SSSR count). The van der Waals surface area contributed by atoms with Crippen molar-refractivity contribution in [2.45, 2.75) is 34.6 Å². The molecule has 0 unspecified atom stereocenters. The number of hydrogen-bond donors (Lipinski definition) is 1. The van der Waals surface area contributed by atoms with Gasteiger partial charge in [0, 0.05) is 12.6 Å². The third-order valence-corrected chi connectivity index (χ3v) is 5.84. The van der Waals surface area contributed by atoms with E-state index in [0.717, 1.165) is 33.4 Å². The van der Waals surface area contributed by atoms with Crippen LogP contribution in [0.1, 0.15) is 36.1 Å². The van der Waals surface area contributed by atoms with Crippen LogP contribution in [0.4, 0.5) is 10.5 Å². The average Bonchev–Trinajstić information content (AvgIpc) is 2.99. The number of esters is 1. The monoisotopic (exact) mass is 482 g/mol. The van der Waals surface area contributed by atoms with Crippen LogP contribution in [0, 0.1) is 20.8 Å². The number of imide groups is 1. The fourth-order valence-corrected chi connectivity index (χ4v) is 4.45. The summed E-state index contributed by atoms with van der Waals surface area (Å²) in [4.78, 5) is 50.3. The van der Waals surface area contributed by atoms with E-state index in [-0.39, 0.29) is 17.2 Å². The number of carbonyl (C=O) groups excluding carboxylic acids is 4. The van der Waals surface area contributed by atoms with Crippen LogP contribution in [0.25, 0.3) is 6.08 Å². The van der Waals surface area contributed by atoms with E-state index in [2.05, 4.69) is 5.32 Å². The minimum Gasteiger partial charge on any atom is -0.490 e. The van der Waals surface area contributed by atoms with Crippen molar-refractivity contribution in [2.24, 2.45) is 0 Å². The van der Waals surface area contributed by atoms with Crippen molar-refractivity contribution < 1.29 is 28.7 Å². The maximum atomic E-state index is 12.8. The van der Waals surface area contributed by atoms with E-state index >= 15 is 0 Å². The Morgan fingerprint density at radius 2 is 1.74 bits per heavy atom. The lowest BCUT2D eigenvalue weighted by molar-refractivity contribution is -0.132. The molecule has 0 aliphatic carbocycles. The van der Waals surface area contributed by atoms with Crippen LogP contribution < -0.4 is 14.8 Å². The molecule has 0 aromatic heterocycles. The number of nitrogens with one attached hydrogen (secondary N) is 1. The molecule has 1 aliphatic heterocycles. The highest BCUT2D eigenvalue weighted by atomic mass is 32.2. The van der Waals surface area contributed by atoms with Gasteiger partial charge in [0.15, 0.2) is 11.5 Å². The molecule has 0 bridgehead atoms. The summed E-state index contributed by atoms with van der Waals surface area (Å²) in [6.45, 7) is 8.80. The lowest BCUT2D eigenvalue weighted by Crippen LogP contribution is -2.36. The highest BCUT2D eigenvalue weighted by Gasteiger charge is 2.36. The van der Waals surface area contributed by atoms with Crippen molar-refractivity contribution in [1.82, 2.24) is 4.90 Å². The summed E-state index contributed by atoms with van der Waals surface area (Å²) in [5.41, 5.74) is 4.15. The summed E-state index contributed by atoms with van der Waals surface area (Å²) in [5, 5.41) is 2.29. The number of ether oxygens (including phenoxy) is 2. The van der Waals surface area contributed by atoms with Crippen LogP contribution in [-0.2, 0) is 14.4 Å². The molecule has 0 spiro atoms. The van der Waals surface area contributed by atoms with Crippen molar-refractivity contribution in [3.8, 4) is 11.5 Å². The number of thioether (sulfide) groups is 1. The van der Waals surface area contributed by atoms with Gasteiger partial charge in [0.05, 0.1) is 11.5 Å². The standard InChI is InChI=1S/C25H26N2O6S/c1-6-32-20-11-18(7-8-19(20)33-17(5)28)12-21-24(30)27(25(31)34-21)13-22(29)26-23-15(3)9-14(2)10-16(23)4/h7-12H,6,13H2,1-5H3,(H,26,29)/b21-12+. The molecule has 2 aromatic carbocycles. The zero-order valence-electron chi connectivity index (χ0n) is 19.7. The second-order valence-corrected chi connectivity index (χ2v) is 8.82. The smallest absolute Gasteiger partial charge is 0.308 e. The Hall–Kier alpha value is -3.59. The first kappa shape index (κ1) is 25.0. The normalized spacial score (nSPS) is 14.5. The van der Waals surface area contributed by atoms with Crippen LogP contribution in [0.3, 0.4) is 0 Å². The predicted molar refractivity (Wildman–Crippen MR) is 131 cm³/mol. The third-order valence-electron chi connectivity index (χ3n) is 4.94. The largest absolute Gasteiger partial charge is 0.490 e. The van der Waals surface area contributed by atoms with Gasteiger partial charge in [0.2, 0.25) is 5.91 Å². The minimum atomic E-state index is -0.551. The van der Waals surface area contributed by atoms with Crippen molar-refractivity contribution >= 4 is 46.5 Å². The molecular formula is C25H26N2O6S. The van der Waals surface area contributed by atoms with E-state index in [1.165, 1.54) is 13.0 Å². The fraction of sp³-hybridized carbons (Fsp3) is 0.280. The van der Waals surface area contributed by atoms with E-state index in [1.807, 2.05) is 32.9 Å². The van der Waals surface area contributed by atoms with E-state index in [0.29, 0.717) is 23.6 Å². The number of rotatable bonds is 7. The Kier molecular flexibility index (Phi) is 7.78. The molecule has 8 nitrogen and oxygen atoms in total. The Morgan fingerprint density at radius 3 is 2.35 bits per heavy atom. The number of carbonyl (C=O) groups is 4. The molecule has 34 heavy (non-hydrogen) atoms. The summed E-state index contributed by atoms with van der Waals surface area (Å²) in [6, 6.07) is 8.72. The van der Waals surface area contributed by atoms with Gasteiger partial charge in [-0.1, -0.05) is 23.8 Å². The zero-order chi connectivity index (χ0) is 25.0. The van der Waals surface area contributed by atoms with Gasteiger partial charge < -0.3 is 14.8 Å². The molecule has 0 radical (unpaired) electrons. The second-order valence-electron chi connectivity index (χ2n) is 7.82. The van der Waals surface area contributed by atoms with Gasteiger partial charge in [-0.15, -0.1) is 0 Å². The van der Waals surface area contributed by atoms with Crippen molar-refractivity contribution in [3.63, 3.8) is 0 Å². The summed E-state index contributed by atoms with van der Waals surface area (Å²) >= 11 is 0.760. The molecular weight excluding hydrogens is 456 g/mol. The van der Waals surface area contributed by atoms with Gasteiger partial charge in [0.25, 0.3) is 11.1 Å². The molecule has 9 heteroatoms. The highest BCUT2D eigenvalue weighted by molar-refractivity contribution is 8.18. The van der Waals surface area contributed by atoms with Gasteiger partial charge in [-0.2, -0.15) is 0 Å². The van der Waals surface area contributed by atoms with Gasteiger partial charge in [-0.3, -0.25) is 24.1 Å². The van der Waals surface area contributed by atoms with Crippen molar-refractivity contribution in [3.05, 3.63) is 57.5 Å². The topological polar surface area (TPSA) is 102 Å². The molecule has 1 fully saturated rings. The third kappa shape index (κ3) is 5.85. The van der Waals surface area contributed by atoms with Crippen molar-refractivity contribution in [1.29, 1.82) is 0 Å². The van der Waals surface area contributed by atoms with Gasteiger partial charge in [-0.25, -0.2) is 0 Å². The molecule has 0 atom stereocenters. The lowest BCUT2D eigenvalue weighted by atomic mass is 10.1. The van der Waals surface area contributed by atoms with Crippen LogP contribution in [0.15, 0.2) is 35.2 Å². The molecule has 1 saturated heterocycles. The summed E-state index contributed by atoms with van der Waals surface area (Å²) in [5.74, 6) is -0.886. The Morgan fingerprint density at radius 1 is 1.06 bits per heavy atom. The van der Waals surface area contributed by atoms with E-state index in [1.54, 1.807) is 25.1 Å². The van der Waals surface area contributed by atoms with Gasteiger partial charge >= 0.3 is 5.97 Å². The SMILES string of the molecule is CCOc1cc(/C=C2/SC(=O)N(CC(=O)Nc3c(C)cc(C)cc3C)C2=O)ccc1OC(C)=O. The Bertz CT molecular complexity index is 1180. The van der Waals surface area contributed by atoms with E-state index < -0.39 is 23.0 Å². The summed E-state index contributed by atoms with van der Waals surface area (Å²) in [7, 11) is 0. The fourth-order valence-electron chi connectivity index (χ4n) is 3.61. The molecule has 0 saturated carbocycles. The number of aryl methyl sites for hydroxylation is 3. The summed E-state index contributed by atoms with van der Waals surface area (Å²) in [6.07, 6.45) is 1.54. The van der Waals surface area contributed by atoms with E-state index in [4.69, 9.17) is 9.47 Å². The number of amides is 3. The second kappa shape index (κ2) is 10.6. The molecule has 1 aliphatic rings. The maximum absolute atomic E-state index is 12.8. The van der Waals surface area contributed by atoms with Gasteiger partial charge in [-0.05, 0) is 74.4 Å². The first-order valence-corrected chi connectivity index (χ1v) is 11.5. The molecule has 1 heterocycles. The van der Waals surface area contributed by atoms with Gasteiger partial charge in [0.1, 0.15) is 6.54 Å². The number of anilines is 1. The molecule has 1 N–H and O–H groups in total. The van der Waals surface area contributed by atoms with Crippen LogP contribution in [0.2, 0.25) is 0 Å². The molecule has 178 valence electrons. The maximum Gasteiger partial charge on any atom is 0.308 e. The van der Waals surface area contributed by atoms with E-state index in [9.17, 15) is 19.2 Å². The quantitative estimate of drug-likeness (QED) is 0.349. The van der Waals surface area contributed by atoms with Crippen molar-refractivity contribution in [2.75, 3.05) is 18.5 Å². The van der Waals surface area contributed by atoms with Crippen LogP contribution >= 0.6 is 11.8 Å². The summed E-state index contributed by atoms with van der Waals surface area (Å²) < 4.78 is 10.6. The molecule has 2 aromatic rings. The first-order chi connectivity index (χ1) is 16.1. The Labute approximate surface area is 202 Å². The average molecular weight is 483 g/mol. The minimum absolute atomic E-state index is 0.184. The van der Waals surface area contributed by atoms with Crippen LogP contribution in [0.5, 0.6) is 11.5 Å². The lowest BCUT2D eigenvalue weighted by Gasteiger charge is -2.16. The predicted octanol–water partition coefficient (Wildman–Crippen LogP) is 4.61. The first-order valence-electron chi connectivity index (χ1n) is 10.7.